The summed E-state index contributed by atoms with van der Waals surface area (Å²) in [6, 6.07) is 0. The van der Waals surface area contributed by atoms with E-state index in [9.17, 15) is 30.0 Å². The van der Waals surface area contributed by atoms with Gasteiger partial charge in [-0.3, -0.25) is 14.6 Å². The van der Waals surface area contributed by atoms with Gasteiger partial charge < -0.3 is 30.2 Å². The number of nitrogens with zero attached hydrogens (tertiary/aromatic N) is 4. The fraction of sp³-hybridized carbons (Fsp3) is 0.625. The molecule has 0 radical (unpaired) electrons. The van der Waals surface area contributed by atoms with Gasteiger partial charge in [0.2, 0.25) is 0 Å². The molecule has 1 aromatic heterocycles. The number of carbonyl (C=O) groups excluding carboxylic acids is 2. The predicted molar refractivity (Wildman–Crippen MR) is 91.4 cm³/mol. The van der Waals surface area contributed by atoms with Gasteiger partial charge in [-0.1, -0.05) is 0 Å². The fourth-order valence-corrected chi connectivity index (χ4v) is 1.93. The predicted octanol–water partition coefficient (Wildman–Crippen LogP) is -1.89. The van der Waals surface area contributed by atoms with E-state index in [1.54, 1.807) is 0 Å². The highest BCUT2D eigenvalue weighted by Crippen LogP contribution is 2.17. The first-order valence-electron chi connectivity index (χ1n) is 7.92. The van der Waals surface area contributed by atoms with Gasteiger partial charge in [-0.25, -0.2) is 4.98 Å². The number of amides is 2. The fourth-order valence-electron chi connectivity index (χ4n) is 1.93. The van der Waals surface area contributed by atoms with Crippen LogP contribution in [0, 0.1) is 0 Å². The van der Waals surface area contributed by atoms with Crippen molar-refractivity contribution in [1.29, 1.82) is 0 Å². The lowest BCUT2D eigenvalue weighted by Gasteiger charge is -2.36. The topological polar surface area (TPSA) is 147 Å². The van der Waals surface area contributed by atoms with Crippen molar-refractivity contribution >= 4 is 11.8 Å². The maximum atomic E-state index is 12.6. The molecular weight excluding hydrogens is 344 g/mol. The van der Waals surface area contributed by atoms with Crippen molar-refractivity contribution < 1.29 is 30.0 Å². The zero-order valence-corrected chi connectivity index (χ0v) is 15.4. The van der Waals surface area contributed by atoms with E-state index >= 15 is 0 Å². The Bertz CT molecular complexity index is 594. The van der Waals surface area contributed by atoms with Crippen LogP contribution in [0.15, 0.2) is 12.4 Å². The molecule has 26 heavy (non-hydrogen) atoms. The average molecular weight is 370 g/mol. The van der Waals surface area contributed by atoms with Crippen molar-refractivity contribution in [2.45, 2.75) is 24.9 Å². The van der Waals surface area contributed by atoms with Crippen molar-refractivity contribution in [3.05, 3.63) is 23.8 Å². The molecule has 146 valence electrons. The second-order valence-electron chi connectivity index (χ2n) is 6.64. The number of rotatable bonds is 8. The molecule has 0 fully saturated rings. The van der Waals surface area contributed by atoms with E-state index in [2.05, 4.69) is 9.97 Å². The smallest absolute Gasteiger partial charge is 0.274 e. The Kier molecular flexibility index (Phi) is 7.16. The van der Waals surface area contributed by atoms with Gasteiger partial charge in [0.15, 0.2) is 0 Å². The molecule has 2 amide bonds. The van der Waals surface area contributed by atoms with E-state index < -0.39 is 49.3 Å². The van der Waals surface area contributed by atoms with Gasteiger partial charge in [-0.05, 0) is 13.8 Å². The largest absolute Gasteiger partial charge is 0.394 e. The molecule has 0 aromatic carbocycles. The Morgan fingerprint density at radius 2 is 1.15 bits per heavy atom. The Balaban J connectivity index is 3.15. The van der Waals surface area contributed by atoms with E-state index in [-0.39, 0.29) is 11.4 Å². The van der Waals surface area contributed by atoms with E-state index in [0.717, 1.165) is 9.80 Å². The monoisotopic (exact) mass is 370 g/mol. The lowest BCUT2D eigenvalue weighted by atomic mass is 10.0. The minimum atomic E-state index is -1.21. The first kappa shape index (κ1) is 21.9. The molecular formula is C16H26N4O6. The van der Waals surface area contributed by atoms with Crippen molar-refractivity contribution in [1.82, 2.24) is 19.8 Å². The zero-order chi connectivity index (χ0) is 20.1. The van der Waals surface area contributed by atoms with Crippen LogP contribution >= 0.6 is 0 Å². The van der Waals surface area contributed by atoms with Crippen molar-refractivity contribution in [2.75, 3.05) is 40.5 Å². The van der Waals surface area contributed by atoms with Crippen LogP contribution in [0.4, 0.5) is 0 Å². The summed E-state index contributed by atoms with van der Waals surface area (Å²) in [6.45, 7) is 1.12. The number of aliphatic hydroxyl groups excluding tert-OH is 4. The second-order valence-corrected chi connectivity index (χ2v) is 6.64. The molecule has 1 aromatic rings. The molecule has 1 heterocycles. The van der Waals surface area contributed by atoms with Crippen LogP contribution in [-0.4, -0.2) is 104 Å². The molecule has 10 nitrogen and oxygen atoms in total. The third-order valence-corrected chi connectivity index (χ3v) is 4.66. The maximum Gasteiger partial charge on any atom is 0.274 e. The van der Waals surface area contributed by atoms with Gasteiger partial charge in [0, 0.05) is 14.1 Å². The third kappa shape index (κ3) is 4.15. The highest BCUT2D eigenvalue weighted by atomic mass is 16.3. The SMILES string of the molecule is CN(C(=O)c1cncc(C(=O)N(C)C(C)(CO)CO)n1)C(C)(CO)CO. The Morgan fingerprint density at radius 3 is 1.42 bits per heavy atom. The molecule has 0 saturated carbocycles. The summed E-state index contributed by atoms with van der Waals surface area (Å²) >= 11 is 0. The van der Waals surface area contributed by atoms with Gasteiger partial charge >= 0.3 is 0 Å². The van der Waals surface area contributed by atoms with Gasteiger partial charge in [0.1, 0.15) is 11.4 Å². The Morgan fingerprint density at radius 1 is 0.846 bits per heavy atom. The van der Waals surface area contributed by atoms with Crippen molar-refractivity contribution in [3.63, 3.8) is 0 Å². The van der Waals surface area contributed by atoms with E-state index in [4.69, 9.17) is 0 Å². The minimum Gasteiger partial charge on any atom is -0.394 e. The molecule has 0 saturated heterocycles. The molecule has 4 N–H and O–H groups in total. The van der Waals surface area contributed by atoms with Crippen LogP contribution in [-0.2, 0) is 0 Å². The van der Waals surface area contributed by atoms with Gasteiger partial charge in [-0.15, -0.1) is 0 Å². The number of hydrogen-bond donors (Lipinski definition) is 4. The molecule has 0 aliphatic carbocycles. The summed E-state index contributed by atoms with van der Waals surface area (Å²) in [5.41, 5.74) is -2.70. The summed E-state index contributed by atoms with van der Waals surface area (Å²) in [7, 11) is 2.79. The average Bonchev–Trinajstić information content (AvgIpc) is 2.70. The Hall–Kier alpha value is -2.14. The highest BCUT2D eigenvalue weighted by molar-refractivity contribution is 5.96. The summed E-state index contributed by atoms with van der Waals surface area (Å²) in [5.74, 6) is -1.26. The van der Waals surface area contributed by atoms with Gasteiger partial charge in [0.05, 0.1) is 49.9 Å². The quantitative estimate of drug-likeness (QED) is 0.415. The number of hydrogen-bond acceptors (Lipinski definition) is 8. The molecule has 1 rings (SSSR count). The molecule has 0 atom stereocenters. The van der Waals surface area contributed by atoms with Crippen LogP contribution in [0.5, 0.6) is 0 Å². The van der Waals surface area contributed by atoms with E-state index in [1.165, 1.54) is 40.3 Å². The molecule has 0 bridgehead atoms. The first-order valence-corrected chi connectivity index (χ1v) is 7.92. The number of aliphatic hydroxyl groups is 4. The maximum absolute atomic E-state index is 12.6. The van der Waals surface area contributed by atoms with E-state index in [1.807, 2.05) is 0 Å². The summed E-state index contributed by atoms with van der Waals surface area (Å²) < 4.78 is 0. The minimum absolute atomic E-state index is 0.144. The normalized spacial score (nSPS) is 12.0. The van der Waals surface area contributed by atoms with Gasteiger partial charge in [0.25, 0.3) is 11.8 Å². The molecule has 0 unspecified atom stereocenters. The molecule has 0 spiro atoms. The van der Waals surface area contributed by atoms with Crippen LogP contribution in [0.1, 0.15) is 34.8 Å². The number of carbonyl (C=O) groups is 2. The first-order chi connectivity index (χ1) is 12.1. The zero-order valence-electron chi connectivity index (χ0n) is 15.4. The van der Waals surface area contributed by atoms with Crippen molar-refractivity contribution in [3.8, 4) is 0 Å². The summed E-state index contributed by atoms with van der Waals surface area (Å²) in [4.78, 5) is 35.2. The lowest BCUT2D eigenvalue weighted by molar-refractivity contribution is 0.0136. The summed E-state index contributed by atoms with van der Waals surface area (Å²) in [5, 5.41) is 37.7. The highest BCUT2D eigenvalue weighted by Gasteiger charge is 2.35. The van der Waals surface area contributed by atoms with Crippen LogP contribution < -0.4 is 0 Å². The third-order valence-electron chi connectivity index (χ3n) is 4.66. The standard InChI is InChI=1S/C16H26N4O6/c1-15(7-21,8-22)19(3)13(25)11-5-17-6-12(18-11)14(26)20(4)16(2,9-23)10-24/h5-6,21-24H,7-10H2,1-4H3. The van der Waals surface area contributed by atoms with Crippen LogP contribution in [0.2, 0.25) is 0 Å². The van der Waals surface area contributed by atoms with Crippen molar-refractivity contribution in [2.24, 2.45) is 0 Å². The van der Waals surface area contributed by atoms with E-state index in [0.29, 0.717) is 0 Å². The van der Waals surface area contributed by atoms with Crippen LogP contribution in [0.25, 0.3) is 0 Å². The molecule has 10 heteroatoms. The summed E-state index contributed by atoms with van der Waals surface area (Å²) in [6.07, 6.45) is 2.34. The lowest BCUT2D eigenvalue weighted by Crippen LogP contribution is -2.53. The molecule has 0 aliphatic rings. The second kappa shape index (κ2) is 8.49. The molecule has 0 aliphatic heterocycles. The number of likely N-dealkylation sites (N-methyl/N-ethyl adjacent to an activating group) is 2. The van der Waals surface area contributed by atoms with Crippen LogP contribution in [0.3, 0.4) is 0 Å². The Labute approximate surface area is 151 Å². The van der Waals surface area contributed by atoms with Gasteiger partial charge in [-0.2, -0.15) is 0 Å². The number of aromatic nitrogens is 2.